The van der Waals surface area contributed by atoms with Crippen LogP contribution in [0.5, 0.6) is 23.0 Å². The Balaban J connectivity index is 0.890. The summed E-state index contributed by atoms with van der Waals surface area (Å²) in [7, 11) is 0. The molecule has 0 aliphatic heterocycles. The highest BCUT2D eigenvalue weighted by Crippen LogP contribution is 2.84. The molecule has 0 aromatic heterocycles. The quantitative estimate of drug-likeness (QED) is 0.113. The molecule has 31 rings (SSSR count). The largest absolute Gasteiger partial charge is 0.478 e. The van der Waals surface area contributed by atoms with E-state index in [1.807, 2.05) is 57.6 Å². The standard InChI is InChI=1S/C111H134O6/c1-93-31-67-32-94(2,49-93)56-105(43-67,55-93)83-29-81-85(89(109-47-71-39-101(9,63-109)53-102(10,40-71)64-109)87(83)107-45-69-35-97(5,59-107)51-98(6,36-69)60-107)86-82(111(81,75-17-25-79(26-18-75)116-77-21-13-73(14-22-77)91(112)113)76-19-27-80(28-20-76)117-78-23-15-74(16-24-78)92(114)115)30-84(106-44-68-33-95(3,57-106)50-96(4,34-68)58-106)88(108-46-70-37-99(7,61-108)52-100(8,38-70)62-108)90(86)110-48-72-41-103(11,65-110)54-104(12,42-72)66-110/h13-30,67-72H,31-66H2,1-12H3,(H,112,113)(H,114,115). The van der Waals surface area contributed by atoms with Gasteiger partial charge in [0, 0.05) is 0 Å². The average Bonchev–Trinajstić information content (AvgIpc) is 1.60. The molecular weight excluding hydrogens is 1430 g/mol. The first-order chi connectivity index (χ1) is 55.1. The van der Waals surface area contributed by atoms with E-state index < -0.39 is 17.4 Å². The molecule has 24 bridgehead atoms. The van der Waals surface area contributed by atoms with Gasteiger partial charge in [-0.2, -0.15) is 0 Å². The Morgan fingerprint density at radius 2 is 0.444 bits per heavy atom. The monoisotopic (exact) mass is 1560 g/mol. The van der Waals surface area contributed by atoms with Crippen molar-refractivity contribution in [3.8, 4) is 34.1 Å². The van der Waals surface area contributed by atoms with Crippen molar-refractivity contribution >= 4 is 11.9 Å². The van der Waals surface area contributed by atoms with Crippen LogP contribution >= 0.6 is 0 Å². The van der Waals surface area contributed by atoms with Crippen LogP contribution in [0.4, 0.5) is 0 Å². The highest BCUT2D eigenvalue weighted by molar-refractivity contribution is 5.95. The van der Waals surface area contributed by atoms with E-state index in [0.29, 0.717) is 45.0 Å². The van der Waals surface area contributed by atoms with E-state index in [-0.39, 0.29) is 86.9 Å². The van der Waals surface area contributed by atoms with Gasteiger partial charge in [0.1, 0.15) is 23.0 Å². The molecule has 0 saturated heterocycles. The number of ether oxygens (including phenoxy) is 2. The second-order valence-corrected chi connectivity index (χ2v) is 53.3. The van der Waals surface area contributed by atoms with Gasteiger partial charge in [-0.15, -0.1) is 0 Å². The van der Waals surface area contributed by atoms with Crippen molar-refractivity contribution < 1.29 is 29.3 Å². The van der Waals surface area contributed by atoms with Gasteiger partial charge in [-0.3, -0.25) is 0 Å². The van der Waals surface area contributed by atoms with E-state index in [1.54, 1.807) is 46.5 Å². The average molecular weight is 1560 g/mol. The summed E-state index contributed by atoms with van der Waals surface area (Å²) in [6, 6.07) is 40.3. The Morgan fingerprint density at radius 1 is 0.248 bits per heavy atom. The molecule has 12 unspecified atom stereocenters. The summed E-state index contributed by atoms with van der Waals surface area (Å²) >= 11 is 0. The third kappa shape index (κ3) is 10.3. The van der Waals surface area contributed by atoms with Crippen molar-refractivity contribution in [1.82, 2.24) is 0 Å². The minimum absolute atomic E-state index is 0.0159. The first-order valence-electron chi connectivity index (χ1n) is 47.8. The number of carboxylic acids is 2. The summed E-state index contributed by atoms with van der Waals surface area (Å²) in [6.07, 6.45) is 48.7. The minimum Gasteiger partial charge on any atom is -0.478 e. The first kappa shape index (κ1) is 73.6. The molecule has 12 atom stereocenters. The lowest BCUT2D eigenvalue weighted by Gasteiger charge is -2.70. The molecule has 0 amide bonds. The zero-order valence-corrected chi connectivity index (χ0v) is 73.3. The summed E-state index contributed by atoms with van der Waals surface area (Å²) in [6.45, 7) is 34.1. The fourth-order valence-corrected chi connectivity index (χ4v) is 44.0. The van der Waals surface area contributed by atoms with Crippen LogP contribution in [0.15, 0.2) is 109 Å². The Kier molecular flexibility index (Phi) is 14.0. The Morgan fingerprint density at radius 3 is 0.658 bits per heavy atom. The predicted octanol–water partition coefficient (Wildman–Crippen LogP) is 28.5. The third-order valence-corrected chi connectivity index (χ3v) is 40.0. The molecular formula is C111H134O6. The summed E-state index contributed by atoms with van der Waals surface area (Å²) in [5.41, 5.74) is 24.3. The van der Waals surface area contributed by atoms with E-state index >= 15 is 0 Å². The minimum atomic E-state index is -0.932. The third-order valence-electron chi connectivity index (χ3n) is 40.0. The lowest BCUT2D eigenvalue weighted by molar-refractivity contribution is -0.123. The van der Waals surface area contributed by atoms with E-state index in [4.69, 9.17) is 9.47 Å². The van der Waals surface area contributed by atoms with Crippen LogP contribution in [-0.4, -0.2) is 22.2 Å². The molecule has 2 N–H and O–H groups in total. The Labute approximate surface area is 699 Å². The van der Waals surface area contributed by atoms with Gasteiger partial charge in [-0.1, -0.05) is 119 Å². The Hall–Kier alpha value is -6.14. The molecule has 614 valence electrons. The summed E-state index contributed by atoms with van der Waals surface area (Å²) < 4.78 is 14.1. The van der Waals surface area contributed by atoms with Crippen LogP contribution in [0.25, 0.3) is 11.1 Å². The number of hydrogen-bond donors (Lipinski definition) is 2. The molecule has 6 heteroatoms. The molecule has 6 aromatic rings. The van der Waals surface area contributed by atoms with Crippen molar-refractivity contribution in [3.05, 3.63) is 176 Å². The second-order valence-electron chi connectivity index (χ2n) is 53.3. The number of rotatable bonds is 14. The number of carboxylic acid groups (broad SMARTS) is 2. The maximum atomic E-state index is 12.4. The van der Waals surface area contributed by atoms with Crippen LogP contribution in [0.2, 0.25) is 0 Å². The van der Waals surface area contributed by atoms with Gasteiger partial charge >= 0.3 is 11.9 Å². The summed E-state index contributed by atoms with van der Waals surface area (Å²) in [4.78, 5) is 24.8. The molecule has 25 aliphatic rings. The SMILES string of the molecule is CC12CC3CC(C)(C1)CC(c1cc4c(c(C56CC7CC(C)(CC(C)(C7)C5)C6)c1C15CC6CC(C)(CC(C)(C6)C1)C5)-c1c(cc(C56CC7CC(C)(CC(C)(C7)C5)C6)c(C56CC7CC(C)(CC(C)(C7)C5)C6)c1C15CC6CC(C)(CC(C)(C6)C1)C5)C4(c1ccc(Oc4ccc(C(=O)O)cc4)cc1)c1ccc(Oc4ccc(C(=O)O)cc4)cc1)(C3)C2. The number of carbonyl (C=O) groups is 2. The zero-order valence-electron chi connectivity index (χ0n) is 73.3. The van der Waals surface area contributed by atoms with Gasteiger partial charge in [0.15, 0.2) is 0 Å². The number of fused-ring (bicyclic) bond motifs is 3. The van der Waals surface area contributed by atoms with Gasteiger partial charge in [0.2, 0.25) is 0 Å². The van der Waals surface area contributed by atoms with Crippen LogP contribution in [0.1, 0.15) is 391 Å². The number of benzene rings is 6. The topological polar surface area (TPSA) is 93.1 Å². The summed E-state index contributed by atoms with van der Waals surface area (Å²) in [5.74, 6) is 5.27. The smallest absolute Gasteiger partial charge is 0.335 e. The van der Waals surface area contributed by atoms with Crippen LogP contribution in [0.3, 0.4) is 0 Å². The van der Waals surface area contributed by atoms with Crippen molar-refractivity contribution in [1.29, 1.82) is 0 Å². The van der Waals surface area contributed by atoms with Crippen LogP contribution in [0, 0.1) is 100 Å². The highest BCUT2D eigenvalue weighted by atomic mass is 16.5. The lowest BCUT2D eigenvalue weighted by Crippen LogP contribution is -2.62. The molecule has 0 radical (unpaired) electrons. The van der Waals surface area contributed by atoms with Gasteiger partial charge in [0.25, 0.3) is 0 Å². The normalized spacial score (nSPS) is 48.1. The molecule has 6 nitrogen and oxygen atoms in total. The maximum Gasteiger partial charge on any atom is 0.335 e. The second kappa shape index (κ2) is 22.3. The van der Waals surface area contributed by atoms with Gasteiger partial charge in [-0.05, 0) is 504 Å². The van der Waals surface area contributed by atoms with Crippen molar-refractivity contribution in [3.63, 3.8) is 0 Å². The van der Waals surface area contributed by atoms with Crippen molar-refractivity contribution in [2.45, 2.75) is 352 Å². The van der Waals surface area contributed by atoms with Gasteiger partial charge in [-0.25, -0.2) is 9.59 Å². The predicted molar refractivity (Wildman–Crippen MR) is 465 cm³/mol. The van der Waals surface area contributed by atoms with Crippen molar-refractivity contribution in [2.75, 3.05) is 0 Å². The fourth-order valence-electron chi connectivity index (χ4n) is 44.0. The molecule has 0 heterocycles. The molecule has 6 aromatic carbocycles. The summed E-state index contributed by atoms with van der Waals surface area (Å²) in [5, 5.41) is 20.4. The van der Waals surface area contributed by atoms with Gasteiger partial charge < -0.3 is 19.7 Å². The van der Waals surface area contributed by atoms with Crippen LogP contribution < -0.4 is 9.47 Å². The molecule has 25 aliphatic carbocycles. The van der Waals surface area contributed by atoms with Crippen LogP contribution in [-0.2, 0) is 37.9 Å². The lowest BCUT2D eigenvalue weighted by atomic mass is 9.34. The van der Waals surface area contributed by atoms with Crippen molar-refractivity contribution in [2.24, 2.45) is 100 Å². The van der Waals surface area contributed by atoms with E-state index in [0.717, 1.165) is 35.2 Å². The molecule has 117 heavy (non-hydrogen) atoms. The maximum absolute atomic E-state index is 12.4. The van der Waals surface area contributed by atoms with E-state index in [9.17, 15) is 19.8 Å². The number of aromatic carboxylic acids is 2. The van der Waals surface area contributed by atoms with E-state index in [1.165, 1.54) is 242 Å². The zero-order chi connectivity index (χ0) is 80.1. The Bertz CT molecular complexity index is 4920. The first-order valence-corrected chi connectivity index (χ1v) is 47.8. The highest BCUT2D eigenvalue weighted by Gasteiger charge is 2.74. The van der Waals surface area contributed by atoms with Gasteiger partial charge in [0.05, 0.1) is 16.5 Å². The molecule has 24 saturated carbocycles. The fraction of sp³-hybridized carbons (Fsp3) is 0.658. The molecule has 0 spiro atoms. The molecule has 24 fully saturated rings. The number of hydrogen-bond acceptors (Lipinski definition) is 4. The van der Waals surface area contributed by atoms with E-state index in [2.05, 4.69) is 144 Å².